The minimum absolute atomic E-state index is 0.0292. The van der Waals surface area contributed by atoms with Crippen LogP contribution in [0.4, 0.5) is 5.69 Å². The molecule has 0 aromatic heterocycles. The van der Waals surface area contributed by atoms with Gasteiger partial charge >= 0.3 is 0 Å². The molecule has 0 unspecified atom stereocenters. The van der Waals surface area contributed by atoms with Gasteiger partial charge in [-0.1, -0.05) is 29.3 Å². The number of allylic oxidation sites excluding steroid dienone is 1. The lowest BCUT2D eigenvalue weighted by molar-refractivity contribution is -0.113. The van der Waals surface area contributed by atoms with Gasteiger partial charge in [0.2, 0.25) is 0 Å². The molecule has 1 amide bonds. The smallest absolute Gasteiger partial charge is 0.255 e. The molecular weight excluding hydrogens is 406 g/mol. The highest BCUT2D eigenvalue weighted by molar-refractivity contribution is 7.80. The minimum atomic E-state index is -0.498. The number of ether oxygens (including phenoxy) is 1. The molecular formula is C22H24ClN3O2S. The van der Waals surface area contributed by atoms with Crippen molar-refractivity contribution in [1.82, 2.24) is 10.6 Å². The van der Waals surface area contributed by atoms with Crippen LogP contribution >= 0.6 is 23.8 Å². The molecule has 29 heavy (non-hydrogen) atoms. The summed E-state index contributed by atoms with van der Waals surface area (Å²) in [5, 5.41) is 10.2. The Bertz CT molecular complexity index is 971. The maximum absolute atomic E-state index is 13.2. The third-order valence-corrected chi connectivity index (χ3v) is 4.92. The predicted octanol–water partition coefficient (Wildman–Crippen LogP) is 4.87. The molecule has 3 N–H and O–H groups in total. The summed E-state index contributed by atoms with van der Waals surface area (Å²) in [5.41, 5.74) is 3.80. The number of aryl methyl sites for hydroxylation is 1. The number of halogens is 1. The van der Waals surface area contributed by atoms with E-state index in [0.717, 1.165) is 16.8 Å². The first-order valence-corrected chi connectivity index (χ1v) is 10.2. The average molecular weight is 430 g/mol. The van der Waals surface area contributed by atoms with Crippen molar-refractivity contribution in [3.8, 4) is 5.75 Å². The van der Waals surface area contributed by atoms with E-state index in [9.17, 15) is 4.79 Å². The van der Waals surface area contributed by atoms with Crippen LogP contribution in [0.25, 0.3) is 0 Å². The second-order valence-electron chi connectivity index (χ2n) is 7.24. The number of thiocarbonyl (C=S) groups is 1. The van der Waals surface area contributed by atoms with E-state index in [1.165, 1.54) is 0 Å². The highest BCUT2D eigenvalue weighted by Crippen LogP contribution is 2.36. The number of benzene rings is 2. The van der Waals surface area contributed by atoms with Gasteiger partial charge < -0.3 is 20.7 Å². The van der Waals surface area contributed by atoms with Crippen molar-refractivity contribution < 1.29 is 9.53 Å². The molecule has 0 saturated heterocycles. The molecule has 1 heterocycles. The summed E-state index contributed by atoms with van der Waals surface area (Å²) in [6.45, 7) is 7.73. The van der Waals surface area contributed by atoms with Crippen molar-refractivity contribution >= 4 is 40.5 Å². The van der Waals surface area contributed by atoms with Crippen LogP contribution in [0.2, 0.25) is 5.02 Å². The van der Waals surface area contributed by atoms with Gasteiger partial charge in [0.05, 0.1) is 17.7 Å². The Morgan fingerprint density at radius 1 is 1.17 bits per heavy atom. The highest BCUT2D eigenvalue weighted by Gasteiger charge is 2.32. The van der Waals surface area contributed by atoms with Gasteiger partial charge in [0.15, 0.2) is 5.11 Å². The summed E-state index contributed by atoms with van der Waals surface area (Å²) >= 11 is 11.6. The molecule has 2 aromatic rings. The van der Waals surface area contributed by atoms with Gasteiger partial charge in [0, 0.05) is 22.0 Å². The molecule has 1 aliphatic rings. The third kappa shape index (κ3) is 5.08. The van der Waals surface area contributed by atoms with Crippen LogP contribution in [0.5, 0.6) is 5.75 Å². The van der Waals surface area contributed by atoms with Crippen molar-refractivity contribution in [3.63, 3.8) is 0 Å². The van der Waals surface area contributed by atoms with Crippen LogP contribution in [0.3, 0.4) is 0 Å². The molecule has 0 bridgehead atoms. The van der Waals surface area contributed by atoms with Crippen molar-refractivity contribution in [3.05, 3.63) is 69.9 Å². The molecule has 1 atom stereocenters. The van der Waals surface area contributed by atoms with Gasteiger partial charge in [-0.25, -0.2) is 0 Å². The number of anilines is 1. The topological polar surface area (TPSA) is 62.4 Å². The van der Waals surface area contributed by atoms with Crippen LogP contribution < -0.4 is 20.7 Å². The molecule has 2 aromatic carbocycles. The van der Waals surface area contributed by atoms with Crippen LogP contribution in [-0.2, 0) is 4.79 Å². The lowest BCUT2D eigenvalue weighted by Gasteiger charge is -2.31. The van der Waals surface area contributed by atoms with E-state index in [4.69, 9.17) is 28.6 Å². The lowest BCUT2D eigenvalue weighted by Crippen LogP contribution is -2.46. The Labute approximate surface area is 181 Å². The quantitative estimate of drug-likeness (QED) is 0.592. The monoisotopic (exact) mass is 429 g/mol. The van der Waals surface area contributed by atoms with Gasteiger partial charge in [-0.05, 0) is 70.2 Å². The van der Waals surface area contributed by atoms with E-state index < -0.39 is 6.04 Å². The van der Waals surface area contributed by atoms with Gasteiger partial charge in [0.25, 0.3) is 5.91 Å². The van der Waals surface area contributed by atoms with Crippen LogP contribution in [0, 0.1) is 6.92 Å². The first kappa shape index (κ1) is 21.1. The standard InChI is InChI=1S/C22H24ClN3O2S/c1-12(2)28-18-10-7-15(23)11-17(18)20-19(14(4)24-22(29)26-20)21(27)25-16-8-5-13(3)6-9-16/h5-12,20H,1-4H3,(H,25,27)(H2,24,26,29)/t20-/m0/s1. The second-order valence-corrected chi connectivity index (χ2v) is 8.08. The van der Waals surface area contributed by atoms with E-state index in [1.807, 2.05) is 58.0 Å². The third-order valence-electron chi connectivity index (χ3n) is 4.47. The van der Waals surface area contributed by atoms with Crippen LogP contribution in [0.1, 0.15) is 37.9 Å². The van der Waals surface area contributed by atoms with E-state index in [1.54, 1.807) is 12.1 Å². The Balaban J connectivity index is 2.01. The second kappa shape index (κ2) is 8.84. The molecule has 0 radical (unpaired) electrons. The number of hydrogen-bond acceptors (Lipinski definition) is 3. The first-order valence-electron chi connectivity index (χ1n) is 9.37. The molecule has 0 fully saturated rings. The molecule has 5 nitrogen and oxygen atoms in total. The van der Waals surface area contributed by atoms with Crippen molar-refractivity contribution in [2.24, 2.45) is 0 Å². The van der Waals surface area contributed by atoms with Crippen molar-refractivity contribution in [1.29, 1.82) is 0 Å². The fourth-order valence-corrected chi connectivity index (χ4v) is 3.62. The fourth-order valence-electron chi connectivity index (χ4n) is 3.17. The zero-order valence-corrected chi connectivity index (χ0v) is 18.4. The van der Waals surface area contributed by atoms with Crippen LogP contribution in [0.15, 0.2) is 53.7 Å². The van der Waals surface area contributed by atoms with Gasteiger partial charge in [-0.2, -0.15) is 0 Å². The molecule has 3 rings (SSSR count). The van der Waals surface area contributed by atoms with Crippen LogP contribution in [-0.4, -0.2) is 17.1 Å². The van der Waals surface area contributed by atoms with E-state index in [-0.39, 0.29) is 12.0 Å². The van der Waals surface area contributed by atoms with Gasteiger partial charge in [0.1, 0.15) is 5.75 Å². The van der Waals surface area contributed by atoms with E-state index in [2.05, 4.69) is 16.0 Å². The number of nitrogens with one attached hydrogen (secondary N) is 3. The number of rotatable bonds is 5. The van der Waals surface area contributed by atoms with Gasteiger partial charge in [-0.3, -0.25) is 4.79 Å². The lowest BCUT2D eigenvalue weighted by atomic mass is 9.94. The molecule has 152 valence electrons. The van der Waals surface area contributed by atoms with E-state index in [0.29, 0.717) is 27.2 Å². The van der Waals surface area contributed by atoms with E-state index >= 15 is 0 Å². The largest absolute Gasteiger partial charge is 0.491 e. The highest BCUT2D eigenvalue weighted by atomic mass is 35.5. The summed E-state index contributed by atoms with van der Waals surface area (Å²) in [5.74, 6) is 0.425. The molecule has 0 saturated carbocycles. The summed E-state index contributed by atoms with van der Waals surface area (Å²) in [7, 11) is 0. The molecule has 1 aliphatic heterocycles. The maximum atomic E-state index is 13.2. The zero-order chi connectivity index (χ0) is 21.1. The Morgan fingerprint density at radius 3 is 2.52 bits per heavy atom. The van der Waals surface area contributed by atoms with Gasteiger partial charge in [-0.15, -0.1) is 0 Å². The Morgan fingerprint density at radius 2 is 1.86 bits per heavy atom. The molecule has 7 heteroatoms. The SMILES string of the molecule is CC1=C(C(=O)Nc2ccc(C)cc2)[C@H](c2cc(Cl)ccc2OC(C)C)NC(=S)N1. The maximum Gasteiger partial charge on any atom is 0.255 e. The minimum Gasteiger partial charge on any atom is -0.491 e. The first-order chi connectivity index (χ1) is 13.7. The van der Waals surface area contributed by atoms with Crippen molar-refractivity contribution in [2.45, 2.75) is 39.8 Å². The van der Waals surface area contributed by atoms with Crippen molar-refractivity contribution in [2.75, 3.05) is 5.32 Å². The summed E-state index contributed by atoms with van der Waals surface area (Å²) in [4.78, 5) is 13.2. The average Bonchev–Trinajstić information content (AvgIpc) is 2.64. The normalized spacial score (nSPS) is 16.3. The number of hydrogen-bond donors (Lipinski definition) is 3. The molecule has 0 aliphatic carbocycles. The fraction of sp³-hybridized carbons (Fsp3) is 0.273. The summed E-state index contributed by atoms with van der Waals surface area (Å²) in [6.07, 6.45) is -0.0292. The number of carbonyl (C=O) groups is 1. The Kier molecular flexibility index (Phi) is 6.45. The molecule has 0 spiro atoms. The predicted molar refractivity (Wildman–Crippen MR) is 121 cm³/mol. The summed E-state index contributed by atoms with van der Waals surface area (Å²) < 4.78 is 5.97. The zero-order valence-electron chi connectivity index (χ0n) is 16.8. The Hall–Kier alpha value is -2.57. The number of carbonyl (C=O) groups excluding carboxylic acids is 1. The summed E-state index contributed by atoms with van der Waals surface area (Å²) in [6, 6.07) is 12.5. The number of amides is 1.